The van der Waals surface area contributed by atoms with Gasteiger partial charge in [0.25, 0.3) is 0 Å². The topological polar surface area (TPSA) is 228 Å². The fraction of sp³-hybridized carbons (Fsp3) is 1.00. The first-order chi connectivity index (χ1) is 11.4. The molecule has 1 saturated heterocycles. The van der Waals surface area contributed by atoms with Crippen LogP contribution in [0.15, 0.2) is 0 Å². The second-order valence-corrected chi connectivity index (χ2v) is 11.5. The molecule has 0 amide bonds. The zero-order valence-electron chi connectivity index (χ0n) is 12.8. The van der Waals surface area contributed by atoms with Crippen molar-refractivity contribution in [3.8, 4) is 0 Å². The molecule has 0 saturated carbocycles. The fourth-order valence-corrected chi connectivity index (χ4v) is 8.48. The molecule has 1 heterocycles. The van der Waals surface area contributed by atoms with Gasteiger partial charge in [-0.1, -0.05) is 0 Å². The molecule has 0 aromatic heterocycles. The van der Waals surface area contributed by atoms with E-state index < -0.39 is 84.0 Å². The van der Waals surface area contributed by atoms with Crippen LogP contribution in [0.3, 0.4) is 0 Å². The van der Waals surface area contributed by atoms with Gasteiger partial charge in [-0.2, -0.15) is 0 Å². The molecule has 25 heavy (non-hydrogen) atoms. The van der Waals surface area contributed by atoms with E-state index in [9.17, 15) is 48.7 Å². The van der Waals surface area contributed by atoms with Crippen molar-refractivity contribution in [2.75, 3.05) is 13.2 Å². The van der Waals surface area contributed by atoms with Crippen LogP contribution in [0.4, 0.5) is 0 Å². The van der Waals surface area contributed by atoms with Gasteiger partial charge in [-0.15, -0.1) is 0 Å². The van der Waals surface area contributed by atoms with Crippen LogP contribution >= 0.6 is 0 Å². The third-order valence-corrected chi connectivity index (χ3v) is 10.2. The summed E-state index contributed by atoms with van der Waals surface area (Å²) in [6, 6.07) is 0. The van der Waals surface area contributed by atoms with Crippen LogP contribution in [0.1, 0.15) is 0 Å². The van der Waals surface area contributed by atoms with E-state index >= 15 is 0 Å². The summed E-state index contributed by atoms with van der Waals surface area (Å²) in [7, 11) is -5.46. The van der Waals surface area contributed by atoms with Crippen molar-refractivity contribution in [1.29, 1.82) is 0 Å². The first-order valence-corrected chi connectivity index (χ1v) is 11.6. The standard InChI is InChI=1S/C11H22O12SSe/c12-1-4(14)8(17)10(23-24(20,21)22)9(18)11(19)25-3-5(15)7(16)6(25)2-13/h4-19H,1-3H2/t4-,5-,6-,7+,8-,9-,10+,11?,25?/m1/s1. The Kier molecular flexibility index (Phi) is 8.62. The van der Waals surface area contributed by atoms with E-state index in [2.05, 4.69) is 4.18 Å². The minimum atomic E-state index is -5.46. The van der Waals surface area contributed by atoms with Crippen LogP contribution in [0.2, 0.25) is 10.1 Å². The van der Waals surface area contributed by atoms with Crippen molar-refractivity contribution < 1.29 is 58.0 Å². The second kappa shape index (κ2) is 9.32. The zero-order chi connectivity index (χ0) is 19.5. The monoisotopic (exact) mass is 458 g/mol. The predicted molar refractivity (Wildman–Crippen MR) is 79.1 cm³/mol. The van der Waals surface area contributed by atoms with Gasteiger partial charge in [0.15, 0.2) is 0 Å². The van der Waals surface area contributed by atoms with E-state index in [4.69, 9.17) is 5.11 Å². The van der Waals surface area contributed by atoms with Gasteiger partial charge in [0.05, 0.1) is 0 Å². The van der Waals surface area contributed by atoms with Crippen molar-refractivity contribution in [3.05, 3.63) is 0 Å². The van der Waals surface area contributed by atoms with Crippen LogP contribution in [0.5, 0.6) is 0 Å². The average molecular weight is 457 g/mol. The molecule has 0 spiro atoms. The molecule has 2 unspecified atom stereocenters. The van der Waals surface area contributed by atoms with E-state index in [1.807, 2.05) is 0 Å². The van der Waals surface area contributed by atoms with Crippen LogP contribution in [-0.4, -0.2) is 123 Å². The number of hydrogen-bond donors (Lipinski definition) is 8. The maximum absolute atomic E-state index is 10.8. The van der Waals surface area contributed by atoms with Crippen molar-refractivity contribution >= 4 is 24.3 Å². The summed E-state index contributed by atoms with van der Waals surface area (Å²) in [5.74, 6) is 0. The summed E-state index contributed by atoms with van der Waals surface area (Å²) in [6.07, 6.45) is -11.4. The molecule has 0 bridgehead atoms. The molecule has 1 rings (SSSR count). The first-order valence-electron chi connectivity index (χ1n) is 7.07. The Hall–Kier alpha value is 0.0695. The quantitative estimate of drug-likeness (QED) is 0.0921. The van der Waals surface area contributed by atoms with Crippen molar-refractivity contribution in [1.82, 2.24) is 0 Å². The summed E-state index contributed by atoms with van der Waals surface area (Å²) < 4.78 is 36.4. The van der Waals surface area contributed by atoms with E-state index in [1.165, 1.54) is 0 Å². The van der Waals surface area contributed by atoms with E-state index in [1.54, 1.807) is 0 Å². The molecule has 14 heteroatoms. The normalized spacial score (nSPS) is 33.6. The molecule has 0 aromatic rings. The van der Waals surface area contributed by atoms with Gasteiger partial charge in [0, 0.05) is 0 Å². The number of hydrogen-bond acceptors (Lipinski definition) is 12. The number of aliphatic hydroxyl groups is 8. The fourth-order valence-electron chi connectivity index (χ4n) is 2.45. The van der Waals surface area contributed by atoms with E-state index in [0.29, 0.717) is 0 Å². The third-order valence-electron chi connectivity index (χ3n) is 3.79. The molecule has 0 radical (unpaired) electrons. The summed E-state index contributed by atoms with van der Waals surface area (Å²) in [5.41, 5.74) is 0. The van der Waals surface area contributed by atoms with Crippen molar-refractivity contribution in [2.45, 2.75) is 51.8 Å². The minimum absolute atomic E-state index is 0.153. The Labute approximate surface area is 147 Å². The Balaban J connectivity index is 3.04. The van der Waals surface area contributed by atoms with Gasteiger partial charge in [0.2, 0.25) is 0 Å². The van der Waals surface area contributed by atoms with E-state index in [-0.39, 0.29) is 5.32 Å². The average Bonchev–Trinajstić information content (AvgIpc) is 2.83. The summed E-state index contributed by atoms with van der Waals surface area (Å²) in [5, 5.41) is 75.1. The Bertz CT molecular complexity index is 517. The van der Waals surface area contributed by atoms with Crippen LogP contribution in [0, 0.1) is 0 Å². The molecule has 9 atom stereocenters. The molecule has 1 fully saturated rings. The molecule has 12 nitrogen and oxygen atoms in total. The van der Waals surface area contributed by atoms with Gasteiger partial charge >= 0.3 is 147 Å². The first kappa shape index (κ1) is 23.1. The van der Waals surface area contributed by atoms with Gasteiger partial charge in [0.1, 0.15) is 0 Å². The molecule has 1 aliphatic heterocycles. The van der Waals surface area contributed by atoms with Crippen LogP contribution in [0.25, 0.3) is 0 Å². The molecular formula is C11H22O12SSe. The van der Waals surface area contributed by atoms with E-state index in [0.717, 1.165) is 0 Å². The molecule has 8 N–H and O–H groups in total. The van der Waals surface area contributed by atoms with Gasteiger partial charge in [-0.25, -0.2) is 0 Å². The zero-order valence-corrected chi connectivity index (χ0v) is 15.3. The Morgan fingerprint density at radius 1 is 1.12 bits per heavy atom. The van der Waals surface area contributed by atoms with Crippen LogP contribution in [-0.2, 0) is 14.6 Å². The summed E-state index contributed by atoms with van der Waals surface area (Å²) in [4.78, 5) is -0.955. The summed E-state index contributed by atoms with van der Waals surface area (Å²) in [6.45, 7) is -1.68. The predicted octanol–water partition coefficient (Wildman–Crippen LogP) is -5.60. The molecule has 1 aliphatic rings. The number of aliphatic hydroxyl groups excluding tert-OH is 8. The van der Waals surface area contributed by atoms with Crippen LogP contribution < -0.4 is 0 Å². The molecule has 0 aromatic carbocycles. The van der Waals surface area contributed by atoms with Gasteiger partial charge in [-0.05, 0) is 0 Å². The maximum atomic E-state index is 10.8. The summed E-state index contributed by atoms with van der Waals surface area (Å²) >= 11 is -2.58. The van der Waals surface area contributed by atoms with Gasteiger partial charge < -0.3 is 0 Å². The molecular weight excluding hydrogens is 435 g/mol. The van der Waals surface area contributed by atoms with Crippen molar-refractivity contribution in [3.63, 3.8) is 0 Å². The Morgan fingerprint density at radius 3 is 2.12 bits per heavy atom. The third kappa shape index (κ3) is 5.77. The molecule has 0 aliphatic carbocycles. The van der Waals surface area contributed by atoms with Crippen molar-refractivity contribution in [2.24, 2.45) is 0 Å². The molecule has 150 valence electrons. The van der Waals surface area contributed by atoms with Gasteiger partial charge in [-0.3, -0.25) is 0 Å². The number of rotatable bonds is 9. The second-order valence-electron chi connectivity index (χ2n) is 5.51. The Morgan fingerprint density at radius 2 is 1.68 bits per heavy atom. The SMILES string of the molecule is O=S(=O)([O-])O[C@@H]([C@H](O)[C@H](O)CO)[C@@H](O)C(O)[Se+]1C[C@@H](O)[C@H](O)[C@H]1CO.